The maximum atomic E-state index is 12.1. The van der Waals surface area contributed by atoms with Crippen molar-refractivity contribution in [3.05, 3.63) is 41.3 Å². The summed E-state index contributed by atoms with van der Waals surface area (Å²) in [5, 5.41) is 19.7. The summed E-state index contributed by atoms with van der Waals surface area (Å²) in [7, 11) is 0. The lowest BCUT2D eigenvalue weighted by Gasteiger charge is -2.06. The fraction of sp³-hybridized carbons (Fsp3) is 0.214. The lowest BCUT2D eigenvalue weighted by atomic mass is 10.1. The van der Waals surface area contributed by atoms with Gasteiger partial charge in [-0.05, 0) is 43.3 Å². The second-order valence-corrected chi connectivity index (χ2v) is 4.85. The van der Waals surface area contributed by atoms with Gasteiger partial charge in [0.15, 0.2) is 0 Å². The molecule has 9 nitrogen and oxygen atoms in total. The molecular formula is C14H14N6O3. The van der Waals surface area contributed by atoms with Crippen molar-refractivity contribution in [2.45, 2.75) is 20.3 Å². The molecule has 0 atom stereocenters. The van der Waals surface area contributed by atoms with Crippen LogP contribution in [-0.4, -0.2) is 31.7 Å². The molecule has 2 heterocycles. The zero-order chi connectivity index (χ0) is 16.2. The monoisotopic (exact) mass is 314 g/mol. The van der Waals surface area contributed by atoms with E-state index in [0.29, 0.717) is 17.2 Å². The number of tetrazole rings is 1. The van der Waals surface area contributed by atoms with Crippen LogP contribution < -0.4 is 10.1 Å². The molecule has 2 N–H and O–H groups in total. The highest BCUT2D eigenvalue weighted by Crippen LogP contribution is 2.20. The predicted octanol–water partition coefficient (Wildman–Crippen LogP) is 1.78. The van der Waals surface area contributed by atoms with E-state index in [0.717, 1.165) is 11.3 Å². The van der Waals surface area contributed by atoms with E-state index >= 15 is 0 Å². The summed E-state index contributed by atoms with van der Waals surface area (Å²) in [5.74, 6) is 1.04. The Hall–Kier alpha value is -3.23. The third-order valence-corrected chi connectivity index (χ3v) is 3.19. The molecule has 0 spiro atoms. The minimum Gasteiger partial charge on any atom is -0.422 e. The van der Waals surface area contributed by atoms with Gasteiger partial charge in [0.05, 0.1) is 12.1 Å². The first-order chi connectivity index (χ1) is 11.1. The van der Waals surface area contributed by atoms with E-state index in [4.69, 9.17) is 9.26 Å². The number of nitrogens with zero attached hydrogens (tertiary/aromatic N) is 4. The number of rotatable bonds is 5. The fourth-order valence-electron chi connectivity index (χ4n) is 2.03. The van der Waals surface area contributed by atoms with Crippen LogP contribution in [0, 0.1) is 13.8 Å². The van der Waals surface area contributed by atoms with Gasteiger partial charge >= 0.3 is 6.01 Å². The Balaban J connectivity index is 1.60. The molecule has 0 radical (unpaired) electrons. The summed E-state index contributed by atoms with van der Waals surface area (Å²) in [6.07, 6.45) is 0.211. The second kappa shape index (κ2) is 6.26. The molecule has 1 aromatic carbocycles. The van der Waals surface area contributed by atoms with Crippen molar-refractivity contribution in [3.8, 4) is 11.8 Å². The van der Waals surface area contributed by atoms with E-state index in [1.807, 2.05) is 6.92 Å². The Bertz CT molecular complexity index is 775. The molecule has 0 fully saturated rings. The van der Waals surface area contributed by atoms with E-state index in [9.17, 15) is 4.79 Å². The van der Waals surface area contributed by atoms with Gasteiger partial charge in [0.2, 0.25) is 5.91 Å². The number of hydrogen-bond acceptors (Lipinski definition) is 7. The van der Waals surface area contributed by atoms with Crippen molar-refractivity contribution in [2.75, 3.05) is 5.32 Å². The average molecular weight is 314 g/mol. The Morgan fingerprint density at radius 2 is 2.09 bits per heavy atom. The summed E-state index contributed by atoms with van der Waals surface area (Å²) in [4.78, 5) is 12.1. The van der Waals surface area contributed by atoms with Gasteiger partial charge in [0.25, 0.3) is 0 Å². The van der Waals surface area contributed by atoms with E-state index < -0.39 is 0 Å². The number of H-pyrrole nitrogens is 1. The Morgan fingerprint density at radius 1 is 1.30 bits per heavy atom. The van der Waals surface area contributed by atoms with Crippen molar-refractivity contribution in [3.63, 3.8) is 0 Å². The molecule has 1 amide bonds. The molecule has 3 aromatic rings. The third-order valence-electron chi connectivity index (χ3n) is 3.19. The van der Waals surface area contributed by atoms with Gasteiger partial charge in [-0.1, -0.05) is 15.4 Å². The number of aromatic nitrogens is 5. The molecule has 3 rings (SSSR count). The lowest BCUT2D eigenvalue weighted by molar-refractivity contribution is -0.115. The van der Waals surface area contributed by atoms with E-state index in [1.54, 1.807) is 31.2 Å². The molecule has 0 unspecified atom stereocenters. The number of aromatic amines is 1. The molecule has 118 valence electrons. The maximum absolute atomic E-state index is 12.1. The number of carbonyl (C=O) groups is 1. The molecule has 0 saturated heterocycles. The number of carbonyl (C=O) groups excluding carboxylic acids is 1. The SMILES string of the molecule is Cc1noc(C)c1CC(=O)Nc1ccc(Oc2nn[nH]n2)cc1. The van der Waals surface area contributed by atoms with Crippen LogP contribution in [0.3, 0.4) is 0 Å². The molecular weight excluding hydrogens is 300 g/mol. The number of hydrogen-bond donors (Lipinski definition) is 2. The summed E-state index contributed by atoms with van der Waals surface area (Å²) < 4.78 is 10.4. The first-order valence-electron chi connectivity index (χ1n) is 6.85. The summed E-state index contributed by atoms with van der Waals surface area (Å²) in [6, 6.07) is 6.96. The third kappa shape index (κ3) is 3.51. The normalized spacial score (nSPS) is 10.5. The van der Waals surface area contributed by atoms with Gasteiger partial charge in [0.1, 0.15) is 11.5 Å². The van der Waals surface area contributed by atoms with Crippen LogP contribution in [0.2, 0.25) is 0 Å². The van der Waals surface area contributed by atoms with Crippen LogP contribution in [0.5, 0.6) is 11.8 Å². The van der Waals surface area contributed by atoms with Crippen LogP contribution in [0.1, 0.15) is 17.0 Å². The molecule has 9 heteroatoms. The Morgan fingerprint density at radius 3 is 2.70 bits per heavy atom. The zero-order valence-corrected chi connectivity index (χ0v) is 12.5. The highest BCUT2D eigenvalue weighted by Gasteiger charge is 2.13. The molecule has 0 aliphatic rings. The van der Waals surface area contributed by atoms with Crippen LogP contribution in [-0.2, 0) is 11.2 Å². The van der Waals surface area contributed by atoms with Gasteiger partial charge in [-0.2, -0.15) is 5.21 Å². The molecule has 23 heavy (non-hydrogen) atoms. The second-order valence-electron chi connectivity index (χ2n) is 4.85. The number of anilines is 1. The van der Waals surface area contributed by atoms with Gasteiger partial charge < -0.3 is 14.6 Å². The van der Waals surface area contributed by atoms with Crippen molar-refractivity contribution < 1.29 is 14.1 Å². The van der Waals surface area contributed by atoms with Gasteiger partial charge in [-0.3, -0.25) is 4.79 Å². The largest absolute Gasteiger partial charge is 0.422 e. The van der Waals surface area contributed by atoms with E-state index in [2.05, 4.69) is 31.1 Å². The molecule has 0 aliphatic heterocycles. The zero-order valence-electron chi connectivity index (χ0n) is 12.5. The highest BCUT2D eigenvalue weighted by atomic mass is 16.5. The highest BCUT2D eigenvalue weighted by molar-refractivity contribution is 5.92. The van der Waals surface area contributed by atoms with Crippen molar-refractivity contribution in [1.82, 2.24) is 25.8 Å². The topological polar surface area (TPSA) is 119 Å². The Labute approximate surface area is 131 Å². The first-order valence-corrected chi connectivity index (χ1v) is 6.85. The molecule has 0 bridgehead atoms. The standard InChI is InChI=1S/C14H14N6O3/c1-8-12(9(2)23-18-8)7-13(21)15-10-3-5-11(6-4-10)22-14-16-19-20-17-14/h3-6H,7H2,1-2H3,(H,15,21)(H,16,17,19,20). The molecule has 0 aliphatic carbocycles. The maximum Gasteiger partial charge on any atom is 0.361 e. The van der Waals surface area contributed by atoms with Crippen molar-refractivity contribution in [2.24, 2.45) is 0 Å². The number of aryl methyl sites for hydroxylation is 2. The lowest BCUT2D eigenvalue weighted by Crippen LogP contribution is -2.15. The van der Waals surface area contributed by atoms with Gasteiger partial charge in [0, 0.05) is 11.3 Å². The molecule has 0 saturated carbocycles. The van der Waals surface area contributed by atoms with Crippen LogP contribution in [0.4, 0.5) is 5.69 Å². The van der Waals surface area contributed by atoms with Gasteiger partial charge in [-0.25, -0.2) is 0 Å². The van der Waals surface area contributed by atoms with Crippen LogP contribution >= 0.6 is 0 Å². The average Bonchev–Trinajstić information content (AvgIpc) is 3.14. The number of nitrogens with one attached hydrogen (secondary N) is 2. The first kappa shape index (κ1) is 14.7. The van der Waals surface area contributed by atoms with Crippen LogP contribution in [0.25, 0.3) is 0 Å². The smallest absolute Gasteiger partial charge is 0.361 e. The minimum absolute atomic E-state index is 0.125. The van der Waals surface area contributed by atoms with Crippen LogP contribution in [0.15, 0.2) is 28.8 Å². The summed E-state index contributed by atoms with van der Waals surface area (Å²) in [6.45, 7) is 3.59. The fourth-order valence-corrected chi connectivity index (χ4v) is 2.03. The minimum atomic E-state index is -0.147. The predicted molar refractivity (Wildman–Crippen MR) is 79.0 cm³/mol. The van der Waals surface area contributed by atoms with Gasteiger partial charge in [-0.15, -0.1) is 0 Å². The molecule has 2 aromatic heterocycles. The van der Waals surface area contributed by atoms with Crippen molar-refractivity contribution >= 4 is 11.6 Å². The van der Waals surface area contributed by atoms with E-state index in [1.165, 1.54) is 0 Å². The number of benzene rings is 1. The summed E-state index contributed by atoms with van der Waals surface area (Å²) in [5.41, 5.74) is 2.18. The Kier molecular flexibility index (Phi) is 4.00. The number of ether oxygens (including phenoxy) is 1. The summed E-state index contributed by atoms with van der Waals surface area (Å²) >= 11 is 0. The van der Waals surface area contributed by atoms with E-state index in [-0.39, 0.29) is 18.3 Å². The van der Waals surface area contributed by atoms with Crippen molar-refractivity contribution in [1.29, 1.82) is 0 Å². The quantitative estimate of drug-likeness (QED) is 0.736. The number of amides is 1.